The zero-order chi connectivity index (χ0) is 15.2. The van der Waals surface area contributed by atoms with Crippen molar-refractivity contribution in [2.75, 3.05) is 0 Å². The molecule has 0 saturated carbocycles. The molecule has 2 rings (SSSR count). The van der Waals surface area contributed by atoms with Crippen molar-refractivity contribution < 1.29 is 9.90 Å². The molecule has 21 heavy (non-hydrogen) atoms. The highest BCUT2D eigenvalue weighted by molar-refractivity contribution is 5.87. The molecule has 4 nitrogen and oxygen atoms in total. The normalized spacial score (nSPS) is 10.5. The van der Waals surface area contributed by atoms with E-state index in [1.54, 1.807) is 10.6 Å². The molecule has 1 N–H and O–H groups in total. The second-order valence-corrected chi connectivity index (χ2v) is 4.97. The number of rotatable bonds is 6. The highest BCUT2D eigenvalue weighted by Crippen LogP contribution is 2.18. The lowest BCUT2D eigenvalue weighted by Crippen LogP contribution is -2.27. The number of unbranched alkanes of at least 4 members (excludes halogenated alkanes) is 2. The van der Waals surface area contributed by atoms with E-state index in [2.05, 4.69) is 6.92 Å². The molecule has 1 aromatic heterocycles. The Morgan fingerprint density at radius 3 is 2.43 bits per heavy atom. The van der Waals surface area contributed by atoms with Crippen LogP contribution >= 0.6 is 0 Å². The van der Waals surface area contributed by atoms with Gasteiger partial charge in [-0.05, 0) is 24.1 Å². The van der Waals surface area contributed by atoms with Crippen molar-refractivity contribution in [3.05, 3.63) is 58.4 Å². The Morgan fingerprint density at radius 2 is 1.81 bits per heavy atom. The maximum atomic E-state index is 12.4. The second-order valence-electron chi connectivity index (χ2n) is 4.97. The highest BCUT2D eigenvalue weighted by atomic mass is 16.4. The number of pyridine rings is 1. The Morgan fingerprint density at radius 1 is 1.10 bits per heavy atom. The Hall–Kier alpha value is -2.36. The lowest BCUT2D eigenvalue weighted by molar-refractivity contribution is 0.0694. The fourth-order valence-electron chi connectivity index (χ4n) is 2.34. The minimum Gasteiger partial charge on any atom is -0.477 e. The first kappa shape index (κ1) is 15.0. The molecular formula is C17H19NO3. The van der Waals surface area contributed by atoms with Crippen LogP contribution < -0.4 is 5.56 Å². The minimum atomic E-state index is -1.18. The summed E-state index contributed by atoms with van der Waals surface area (Å²) in [6.45, 7) is 2.63. The van der Waals surface area contributed by atoms with Gasteiger partial charge in [-0.25, -0.2) is 4.79 Å². The van der Waals surface area contributed by atoms with Gasteiger partial charge in [-0.2, -0.15) is 0 Å². The first-order chi connectivity index (χ1) is 10.1. The smallest absolute Gasteiger partial charge is 0.341 e. The van der Waals surface area contributed by atoms with Crippen LogP contribution in [0.4, 0.5) is 0 Å². The fraction of sp³-hybridized carbons (Fsp3) is 0.294. The number of hydrogen-bond donors (Lipinski definition) is 1. The molecule has 0 aliphatic heterocycles. The van der Waals surface area contributed by atoms with Crippen LogP contribution in [0, 0.1) is 0 Å². The molecular weight excluding hydrogens is 266 g/mol. The monoisotopic (exact) mass is 285 g/mol. The molecule has 0 saturated heterocycles. The largest absolute Gasteiger partial charge is 0.477 e. The van der Waals surface area contributed by atoms with Crippen molar-refractivity contribution in [2.45, 2.75) is 32.7 Å². The van der Waals surface area contributed by atoms with Crippen LogP contribution in [0.3, 0.4) is 0 Å². The Kier molecular flexibility index (Phi) is 4.93. The van der Waals surface area contributed by atoms with Gasteiger partial charge in [-0.1, -0.05) is 50.1 Å². The third-order valence-corrected chi connectivity index (χ3v) is 3.46. The summed E-state index contributed by atoms with van der Waals surface area (Å²) in [5.41, 5.74) is 1.08. The van der Waals surface area contributed by atoms with E-state index in [4.69, 9.17) is 5.11 Å². The minimum absolute atomic E-state index is 0.175. The third kappa shape index (κ3) is 3.40. The van der Waals surface area contributed by atoms with E-state index in [0.29, 0.717) is 6.54 Å². The van der Waals surface area contributed by atoms with Crippen molar-refractivity contribution in [1.82, 2.24) is 4.57 Å². The Balaban J connectivity index is 2.51. The highest BCUT2D eigenvalue weighted by Gasteiger charge is 2.14. The molecule has 0 radical (unpaired) electrons. The van der Waals surface area contributed by atoms with E-state index in [1.807, 2.05) is 30.3 Å². The van der Waals surface area contributed by atoms with E-state index in [9.17, 15) is 9.59 Å². The SMILES string of the molecule is CCCCCn1c(-c2ccccc2)ccc(C(=O)O)c1=O. The molecule has 2 aromatic rings. The summed E-state index contributed by atoms with van der Waals surface area (Å²) in [4.78, 5) is 23.5. The average Bonchev–Trinajstić information content (AvgIpc) is 2.49. The summed E-state index contributed by atoms with van der Waals surface area (Å²) in [7, 11) is 0. The van der Waals surface area contributed by atoms with Gasteiger partial charge in [0, 0.05) is 6.54 Å². The number of nitrogens with zero attached hydrogens (tertiary/aromatic N) is 1. The van der Waals surface area contributed by atoms with Crippen LogP contribution in [0.25, 0.3) is 11.3 Å². The van der Waals surface area contributed by atoms with Gasteiger partial charge < -0.3 is 9.67 Å². The van der Waals surface area contributed by atoms with Crippen LogP contribution in [0.15, 0.2) is 47.3 Å². The molecule has 0 aliphatic rings. The van der Waals surface area contributed by atoms with Crippen LogP contribution in [-0.4, -0.2) is 15.6 Å². The molecule has 0 spiro atoms. The molecule has 110 valence electrons. The van der Waals surface area contributed by atoms with Gasteiger partial charge in [0.05, 0.1) is 5.69 Å². The Labute approximate surface area is 123 Å². The number of carboxylic acids is 1. The quantitative estimate of drug-likeness (QED) is 0.827. The van der Waals surface area contributed by atoms with Crippen LogP contribution in [0.1, 0.15) is 36.5 Å². The first-order valence-electron chi connectivity index (χ1n) is 7.17. The predicted octanol–water partition coefficient (Wildman–Crippen LogP) is 3.40. The predicted molar refractivity (Wildman–Crippen MR) is 82.6 cm³/mol. The third-order valence-electron chi connectivity index (χ3n) is 3.46. The Bertz CT molecular complexity index is 674. The van der Waals surface area contributed by atoms with E-state index in [1.165, 1.54) is 6.07 Å². The van der Waals surface area contributed by atoms with Gasteiger partial charge in [0.25, 0.3) is 5.56 Å². The zero-order valence-corrected chi connectivity index (χ0v) is 12.1. The molecule has 0 fully saturated rings. The zero-order valence-electron chi connectivity index (χ0n) is 12.1. The molecule has 1 heterocycles. The summed E-state index contributed by atoms with van der Waals surface area (Å²) < 4.78 is 1.58. The molecule has 0 amide bonds. The molecule has 0 aliphatic carbocycles. The van der Waals surface area contributed by atoms with Gasteiger partial charge in [-0.3, -0.25) is 4.79 Å². The first-order valence-corrected chi connectivity index (χ1v) is 7.17. The number of carbonyl (C=O) groups is 1. The van der Waals surface area contributed by atoms with Crippen LogP contribution in [0.2, 0.25) is 0 Å². The topological polar surface area (TPSA) is 59.3 Å². The average molecular weight is 285 g/mol. The van der Waals surface area contributed by atoms with E-state index in [0.717, 1.165) is 30.5 Å². The van der Waals surface area contributed by atoms with Crippen LogP contribution in [-0.2, 0) is 6.54 Å². The summed E-state index contributed by atoms with van der Waals surface area (Å²) in [6, 6.07) is 12.7. The number of aromatic carboxylic acids is 1. The summed E-state index contributed by atoms with van der Waals surface area (Å²) in [6.07, 6.45) is 2.92. The molecule has 0 bridgehead atoms. The lowest BCUT2D eigenvalue weighted by atomic mass is 10.1. The number of benzene rings is 1. The molecule has 0 unspecified atom stereocenters. The lowest BCUT2D eigenvalue weighted by Gasteiger charge is -2.13. The summed E-state index contributed by atoms with van der Waals surface area (Å²) in [5.74, 6) is -1.18. The van der Waals surface area contributed by atoms with Gasteiger partial charge in [0.15, 0.2) is 0 Å². The van der Waals surface area contributed by atoms with Crippen molar-refractivity contribution in [2.24, 2.45) is 0 Å². The number of hydrogen-bond acceptors (Lipinski definition) is 2. The van der Waals surface area contributed by atoms with E-state index < -0.39 is 11.5 Å². The molecule has 4 heteroatoms. The summed E-state index contributed by atoms with van der Waals surface area (Å²) >= 11 is 0. The summed E-state index contributed by atoms with van der Waals surface area (Å²) in [5, 5.41) is 9.11. The van der Waals surface area contributed by atoms with E-state index in [-0.39, 0.29) is 5.56 Å². The maximum Gasteiger partial charge on any atom is 0.341 e. The standard InChI is InChI=1S/C17H19NO3/c1-2-3-7-12-18-15(13-8-5-4-6-9-13)11-10-14(16(18)19)17(20)21/h4-6,8-11H,2-3,7,12H2,1H3,(H,20,21). The van der Waals surface area contributed by atoms with Crippen molar-refractivity contribution in [3.8, 4) is 11.3 Å². The van der Waals surface area contributed by atoms with Crippen LogP contribution in [0.5, 0.6) is 0 Å². The van der Waals surface area contributed by atoms with Gasteiger partial charge >= 0.3 is 5.97 Å². The van der Waals surface area contributed by atoms with E-state index >= 15 is 0 Å². The van der Waals surface area contributed by atoms with Crippen molar-refractivity contribution in [1.29, 1.82) is 0 Å². The molecule has 1 aromatic carbocycles. The van der Waals surface area contributed by atoms with Gasteiger partial charge in [0.1, 0.15) is 5.56 Å². The maximum absolute atomic E-state index is 12.4. The molecule has 0 atom stereocenters. The number of carboxylic acid groups (broad SMARTS) is 1. The van der Waals surface area contributed by atoms with Crippen molar-refractivity contribution in [3.63, 3.8) is 0 Å². The number of aromatic nitrogens is 1. The van der Waals surface area contributed by atoms with Gasteiger partial charge in [0.2, 0.25) is 0 Å². The second kappa shape index (κ2) is 6.88. The van der Waals surface area contributed by atoms with Crippen molar-refractivity contribution >= 4 is 5.97 Å². The van der Waals surface area contributed by atoms with Gasteiger partial charge in [-0.15, -0.1) is 0 Å². The fourth-order valence-corrected chi connectivity index (χ4v) is 2.34.